The monoisotopic (exact) mass is 263 g/mol. The van der Waals surface area contributed by atoms with E-state index in [1.165, 1.54) is 12.1 Å². The Balaban J connectivity index is 2.22. The Bertz CT molecular complexity index is 554. The summed E-state index contributed by atoms with van der Waals surface area (Å²) in [7, 11) is 0. The maximum Gasteiger partial charge on any atom is 0.123 e. The van der Waals surface area contributed by atoms with Gasteiger partial charge in [0, 0.05) is 11.1 Å². The summed E-state index contributed by atoms with van der Waals surface area (Å²) in [6, 6.07) is 12.0. The van der Waals surface area contributed by atoms with Crippen molar-refractivity contribution in [2.24, 2.45) is 5.73 Å². The largest absolute Gasteiger partial charge is 0.324 e. The van der Waals surface area contributed by atoms with Gasteiger partial charge >= 0.3 is 0 Å². The molecule has 0 amide bonds. The highest BCUT2D eigenvalue weighted by molar-refractivity contribution is 6.31. The second-order valence-electron chi connectivity index (χ2n) is 4.39. The van der Waals surface area contributed by atoms with Crippen LogP contribution in [0.4, 0.5) is 4.39 Å². The van der Waals surface area contributed by atoms with E-state index in [0.29, 0.717) is 11.4 Å². The maximum atomic E-state index is 13.1. The lowest BCUT2D eigenvalue weighted by molar-refractivity contribution is 0.622. The van der Waals surface area contributed by atoms with Crippen molar-refractivity contribution in [3.8, 4) is 0 Å². The van der Waals surface area contributed by atoms with E-state index in [9.17, 15) is 4.39 Å². The lowest BCUT2D eigenvalue weighted by Crippen LogP contribution is -2.14. The molecule has 2 aromatic rings. The molecule has 2 rings (SSSR count). The Morgan fingerprint density at radius 3 is 2.67 bits per heavy atom. The zero-order valence-corrected chi connectivity index (χ0v) is 10.9. The summed E-state index contributed by atoms with van der Waals surface area (Å²) in [5.74, 6) is -0.234. The number of nitrogens with two attached hydrogens (primary N) is 1. The van der Waals surface area contributed by atoms with Gasteiger partial charge in [0.1, 0.15) is 5.82 Å². The third-order valence-corrected chi connectivity index (χ3v) is 3.46. The van der Waals surface area contributed by atoms with E-state index in [4.69, 9.17) is 17.3 Å². The molecule has 0 aliphatic carbocycles. The number of rotatable bonds is 3. The maximum absolute atomic E-state index is 13.1. The number of halogens is 2. The number of hydrogen-bond acceptors (Lipinski definition) is 1. The highest BCUT2D eigenvalue weighted by Gasteiger charge is 2.11. The van der Waals surface area contributed by atoms with Crippen molar-refractivity contribution in [3.63, 3.8) is 0 Å². The minimum absolute atomic E-state index is 0.175. The van der Waals surface area contributed by atoms with Crippen LogP contribution in [0.3, 0.4) is 0 Å². The van der Waals surface area contributed by atoms with Gasteiger partial charge in [-0.1, -0.05) is 35.9 Å². The molecule has 0 heterocycles. The molecule has 0 saturated heterocycles. The normalized spacial score (nSPS) is 12.4. The highest BCUT2D eigenvalue weighted by Crippen LogP contribution is 2.25. The molecule has 0 saturated carbocycles. The molecular formula is C15H15ClFN. The van der Waals surface area contributed by atoms with Crippen molar-refractivity contribution >= 4 is 11.6 Å². The molecule has 0 fully saturated rings. The average molecular weight is 264 g/mol. The van der Waals surface area contributed by atoms with Gasteiger partial charge in [-0.3, -0.25) is 0 Å². The zero-order valence-electron chi connectivity index (χ0n) is 10.2. The van der Waals surface area contributed by atoms with Gasteiger partial charge in [-0.25, -0.2) is 4.39 Å². The SMILES string of the molecule is Cc1c(Cl)cccc1C(N)Cc1cccc(F)c1. The molecule has 2 aromatic carbocycles. The lowest BCUT2D eigenvalue weighted by Gasteiger charge is -2.15. The first kappa shape index (κ1) is 13.1. The summed E-state index contributed by atoms with van der Waals surface area (Å²) in [5, 5.41) is 0.710. The first-order valence-corrected chi connectivity index (χ1v) is 6.21. The quantitative estimate of drug-likeness (QED) is 0.889. The van der Waals surface area contributed by atoms with Gasteiger partial charge in [0.2, 0.25) is 0 Å². The predicted octanol–water partition coefficient (Wildman–Crippen LogP) is 4.03. The van der Waals surface area contributed by atoms with Crippen molar-refractivity contribution in [1.29, 1.82) is 0 Å². The first-order chi connectivity index (χ1) is 8.58. The lowest BCUT2D eigenvalue weighted by atomic mass is 9.96. The third-order valence-electron chi connectivity index (χ3n) is 3.05. The van der Waals surface area contributed by atoms with Gasteiger partial charge in [-0.2, -0.15) is 0 Å². The Labute approximate surface area is 111 Å². The van der Waals surface area contributed by atoms with E-state index in [0.717, 1.165) is 16.7 Å². The summed E-state index contributed by atoms with van der Waals surface area (Å²) in [6.45, 7) is 1.95. The Kier molecular flexibility index (Phi) is 4.00. The fourth-order valence-corrected chi connectivity index (χ4v) is 2.24. The van der Waals surface area contributed by atoms with Gasteiger partial charge in [-0.15, -0.1) is 0 Å². The van der Waals surface area contributed by atoms with Crippen LogP contribution in [0, 0.1) is 12.7 Å². The minimum Gasteiger partial charge on any atom is -0.324 e. The van der Waals surface area contributed by atoms with Gasteiger partial charge in [0.15, 0.2) is 0 Å². The summed E-state index contributed by atoms with van der Waals surface area (Å²) in [5.41, 5.74) is 9.05. The van der Waals surface area contributed by atoms with Crippen LogP contribution >= 0.6 is 11.6 Å². The Hall–Kier alpha value is -1.38. The second-order valence-corrected chi connectivity index (χ2v) is 4.80. The van der Waals surface area contributed by atoms with E-state index in [-0.39, 0.29) is 11.9 Å². The fraction of sp³-hybridized carbons (Fsp3) is 0.200. The average Bonchev–Trinajstić information content (AvgIpc) is 2.32. The van der Waals surface area contributed by atoms with Crippen LogP contribution in [0.5, 0.6) is 0 Å². The van der Waals surface area contributed by atoms with Crippen LogP contribution in [-0.2, 0) is 6.42 Å². The minimum atomic E-state index is -0.234. The standard InChI is InChI=1S/C15H15ClFN/c1-10-13(6-3-7-14(10)16)15(18)9-11-4-2-5-12(17)8-11/h2-8,15H,9,18H2,1H3. The van der Waals surface area contributed by atoms with E-state index >= 15 is 0 Å². The van der Waals surface area contributed by atoms with Crippen LogP contribution in [0.15, 0.2) is 42.5 Å². The molecule has 1 unspecified atom stereocenters. The van der Waals surface area contributed by atoms with E-state index in [2.05, 4.69) is 0 Å². The molecule has 0 spiro atoms. The second kappa shape index (κ2) is 5.51. The van der Waals surface area contributed by atoms with E-state index in [1.807, 2.05) is 31.2 Å². The molecule has 0 radical (unpaired) electrons. The molecule has 1 atom stereocenters. The molecule has 0 aliphatic rings. The van der Waals surface area contributed by atoms with Crippen LogP contribution < -0.4 is 5.73 Å². The van der Waals surface area contributed by atoms with Crippen molar-refractivity contribution in [2.75, 3.05) is 0 Å². The van der Waals surface area contributed by atoms with Crippen molar-refractivity contribution in [2.45, 2.75) is 19.4 Å². The topological polar surface area (TPSA) is 26.0 Å². The van der Waals surface area contributed by atoms with Crippen LogP contribution in [0.1, 0.15) is 22.7 Å². The van der Waals surface area contributed by atoms with Gasteiger partial charge < -0.3 is 5.73 Å². The first-order valence-electron chi connectivity index (χ1n) is 5.83. The molecule has 94 valence electrons. The molecule has 0 aromatic heterocycles. The smallest absolute Gasteiger partial charge is 0.123 e. The van der Waals surface area contributed by atoms with Crippen LogP contribution in [0.2, 0.25) is 5.02 Å². The summed E-state index contributed by atoms with van der Waals surface area (Å²) in [4.78, 5) is 0. The van der Waals surface area contributed by atoms with Gasteiger partial charge in [0.25, 0.3) is 0 Å². The van der Waals surface area contributed by atoms with Crippen molar-refractivity contribution < 1.29 is 4.39 Å². The third kappa shape index (κ3) is 2.89. The molecule has 1 nitrogen and oxygen atoms in total. The predicted molar refractivity (Wildman–Crippen MR) is 73.2 cm³/mol. The molecule has 18 heavy (non-hydrogen) atoms. The summed E-state index contributed by atoms with van der Waals surface area (Å²) >= 11 is 6.07. The fourth-order valence-electron chi connectivity index (χ4n) is 2.05. The molecule has 3 heteroatoms. The van der Waals surface area contributed by atoms with Crippen LogP contribution in [-0.4, -0.2) is 0 Å². The van der Waals surface area contributed by atoms with Crippen molar-refractivity contribution in [1.82, 2.24) is 0 Å². The Morgan fingerprint density at radius 1 is 1.22 bits per heavy atom. The molecular weight excluding hydrogens is 249 g/mol. The van der Waals surface area contributed by atoms with Crippen molar-refractivity contribution in [3.05, 3.63) is 70.0 Å². The molecule has 2 N–H and O–H groups in total. The number of hydrogen-bond donors (Lipinski definition) is 1. The Morgan fingerprint density at radius 2 is 1.94 bits per heavy atom. The zero-order chi connectivity index (χ0) is 13.1. The van der Waals surface area contributed by atoms with E-state index < -0.39 is 0 Å². The molecule has 0 aliphatic heterocycles. The van der Waals surface area contributed by atoms with E-state index in [1.54, 1.807) is 6.07 Å². The summed E-state index contributed by atoms with van der Waals surface area (Å²) < 4.78 is 13.1. The van der Waals surface area contributed by atoms with Crippen LogP contribution in [0.25, 0.3) is 0 Å². The molecule has 0 bridgehead atoms. The van der Waals surface area contributed by atoms with Gasteiger partial charge in [0.05, 0.1) is 0 Å². The van der Waals surface area contributed by atoms with Gasteiger partial charge in [-0.05, 0) is 48.2 Å². The summed E-state index contributed by atoms with van der Waals surface area (Å²) in [6.07, 6.45) is 0.596. The number of benzene rings is 2. The highest BCUT2D eigenvalue weighted by atomic mass is 35.5.